The van der Waals surface area contributed by atoms with Gasteiger partial charge in [-0.2, -0.15) is 4.31 Å². The highest BCUT2D eigenvalue weighted by atomic mass is 32.2. The number of sulfonamides is 1. The van der Waals surface area contributed by atoms with Crippen LogP contribution in [-0.4, -0.2) is 38.3 Å². The first kappa shape index (κ1) is 20.6. The van der Waals surface area contributed by atoms with Crippen molar-refractivity contribution < 1.29 is 13.2 Å². The summed E-state index contributed by atoms with van der Waals surface area (Å²) in [5, 5.41) is 2.93. The Morgan fingerprint density at radius 3 is 2.18 bits per heavy atom. The van der Waals surface area contributed by atoms with Gasteiger partial charge in [0.15, 0.2) is 0 Å². The topological polar surface area (TPSA) is 66.5 Å². The van der Waals surface area contributed by atoms with Gasteiger partial charge >= 0.3 is 0 Å². The quantitative estimate of drug-likeness (QED) is 0.802. The molecule has 5 nitrogen and oxygen atoms in total. The fraction of sp³-hybridized carbons (Fsp3) is 0.409. The summed E-state index contributed by atoms with van der Waals surface area (Å²) < 4.78 is 27.2. The van der Waals surface area contributed by atoms with Crippen LogP contribution < -0.4 is 5.32 Å². The second-order valence-corrected chi connectivity index (χ2v) is 9.30. The van der Waals surface area contributed by atoms with Gasteiger partial charge < -0.3 is 5.32 Å². The van der Waals surface area contributed by atoms with Gasteiger partial charge in [0.1, 0.15) is 0 Å². The van der Waals surface area contributed by atoms with Crippen LogP contribution in [0.5, 0.6) is 0 Å². The van der Waals surface area contributed by atoms with Gasteiger partial charge in [-0.3, -0.25) is 4.79 Å². The van der Waals surface area contributed by atoms with Gasteiger partial charge in [0, 0.05) is 25.2 Å². The van der Waals surface area contributed by atoms with Gasteiger partial charge in [-0.15, -0.1) is 0 Å². The van der Waals surface area contributed by atoms with E-state index in [4.69, 9.17) is 0 Å². The van der Waals surface area contributed by atoms with Crippen molar-refractivity contribution in [1.82, 2.24) is 9.62 Å². The first-order valence-corrected chi connectivity index (χ1v) is 11.4. The normalized spacial score (nSPS) is 16.9. The van der Waals surface area contributed by atoms with Crippen LogP contribution in [0.2, 0.25) is 0 Å². The third-order valence-electron chi connectivity index (χ3n) is 5.26. The van der Waals surface area contributed by atoms with Crippen molar-refractivity contribution in [2.75, 3.05) is 19.6 Å². The molecule has 3 rings (SSSR count). The molecule has 150 valence electrons. The molecule has 1 saturated heterocycles. The summed E-state index contributed by atoms with van der Waals surface area (Å²) in [6.07, 6.45) is 3.96. The minimum atomic E-state index is -3.49. The number of hydrogen-bond donors (Lipinski definition) is 1. The van der Waals surface area contributed by atoms with E-state index in [1.165, 1.54) is 17.7 Å². The van der Waals surface area contributed by atoms with Crippen molar-refractivity contribution in [1.29, 1.82) is 0 Å². The van der Waals surface area contributed by atoms with Crippen molar-refractivity contribution in [3.8, 4) is 0 Å². The third kappa shape index (κ3) is 5.00. The number of benzene rings is 2. The number of nitrogens with one attached hydrogen (secondary N) is 1. The van der Waals surface area contributed by atoms with E-state index < -0.39 is 10.0 Å². The molecule has 1 heterocycles. The van der Waals surface area contributed by atoms with Crippen LogP contribution in [0.4, 0.5) is 0 Å². The lowest BCUT2D eigenvalue weighted by molar-refractivity contribution is 0.0951. The highest BCUT2D eigenvalue weighted by Gasteiger charge is 2.25. The lowest BCUT2D eigenvalue weighted by Crippen LogP contribution is -2.32. The molecule has 1 aliphatic rings. The lowest BCUT2D eigenvalue weighted by atomic mass is 10.0. The molecule has 0 unspecified atom stereocenters. The predicted octanol–water partition coefficient (Wildman–Crippen LogP) is 3.78. The number of carbonyl (C=O) groups excluding carboxylic acids is 1. The van der Waals surface area contributed by atoms with E-state index in [0.717, 1.165) is 25.7 Å². The molecular formula is C22H28N2O3S. The third-order valence-corrected chi connectivity index (χ3v) is 7.17. The minimum absolute atomic E-state index is 0.193. The number of nitrogens with zero attached hydrogens (tertiary/aromatic N) is 1. The summed E-state index contributed by atoms with van der Waals surface area (Å²) in [5.74, 6) is 0.00865. The molecule has 28 heavy (non-hydrogen) atoms. The summed E-state index contributed by atoms with van der Waals surface area (Å²) in [7, 11) is -3.49. The first-order valence-electron chi connectivity index (χ1n) is 9.92. The molecule has 2 aromatic carbocycles. The Bertz CT molecular complexity index is 872. The Morgan fingerprint density at radius 1 is 0.964 bits per heavy atom. The van der Waals surface area contributed by atoms with Gasteiger partial charge in [-0.05, 0) is 48.6 Å². The maximum absolute atomic E-state index is 12.8. The van der Waals surface area contributed by atoms with E-state index in [1.54, 1.807) is 16.4 Å². The highest BCUT2D eigenvalue weighted by molar-refractivity contribution is 7.89. The van der Waals surface area contributed by atoms with Crippen molar-refractivity contribution in [2.24, 2.45) is 0 Å². The molecule has 1 aliphatic heterocycles. The van der Waals surface area contributed by atoms with Crippen LogP contribution in [0.15, 0.2) is 59.5 Å². The summed E-state index contributed by atoms with van der Waals surface area (Å²) in [6.45, 7) is 3.73. The Morgan fingerprint density at radius 2 is 1.57 bits per heavy atom. The van der Waals surface area contributed by atoms with Crippen LogP contribution in [0.3, 0.4) is 0 Å². The number of carbonyl (C=O) groups is 1. The smallest absolute Gasteiger partial charge is 0.251 e. The average molecular weight is 401 g/mol. The van der Waals surface area contributed by atoms with Crippen molar-refractivity contribution >= 4 is 15.9 Å². The summed E-state index contributed by atoms with van der Waals surface area (Å²) in [4.78, 5) is 12.7. The maximum atomic E-state index is 12.8. The number of amides is 1. The predicted molar refractivity (Wildman–Crippen MR) is 111 cm³/mol. The van der Waals surface area contributed by atoms with E-state index >= 15 is 0 Å². The molecule has 0 radical (unpaired) electrons. The summed E-state index contributed by atoms with van der Waals surface area (Å²) >= 11 is 0. The van der Waals surface area contributed by atoms with Crippen molar-refractivity contribution in [2.45, 2.75) is 43.4 Å². The van der Waals surface area contributed by atoms with Crippen LogP contribution in [0.25, 0.3) is 0 Å². The monoisotopic (exact) mass is 400 g/mol. The maximum Gasteiger partial charge on any atom is 0.251 e. The molecule has 6 heteroatoms. The van der Waals surface area contributed by atoms with Gasteiger partial charge in [0.25, 0.3) is 5.91 Å². The zero-order valence-electron chi connectivity index (χ0n) is 16.3. The number of hydrogen-bond acceptors (Lipinski definition) is 3. The van der Waals surface area contributed by atoms with Gasteiger partial charge in [0.05, 0.1) is 4.90 Å². The summed E-state index contributed by atoms with van der Waals surface area (Å²) in [5.41, 5.74) is 1.64. The van der Waals surface area contributed by atoms with Crippen molar-refractivity contribution in [3.63, 3.8) is 0 Å². The second kappa shape index (κ2) is 9.34. The molecule has 2 aromatic rings. The van der Waals surface area contributed by atoms with E-state index in [-0.39, 0.29) is 16.7 Å². The van der Waals surface area contributed by atoms with E-state index in [0.29, 0.717) is 25.2 Å². The molecule has 0 bridgehead atoms. The average Bonchev–Trinajstić information content (AvgIpc) is 3.02. The Labute approximate surface area is 167 Å². The van der Waals surface area contributed by atoms with Crippen LogP contribution in [-0.2, 0) is 10.0 Å². The highest BCUT2D eigenvalue weighted by Crippen LogP contribution is 2.21. The Hall–Kier alpha value is -2.18. The Kier molecular flexibility index (Phi) is 6.86. The molecule has 0 saturated carbocycles. The first-order chi connectivity index (χ1) is 13.5. The van der Waals surface area contributed by atoms with Crippen LogP contribution in [0, 0.1) is 0 Å². The lowest BCUT2D eigenvalue weighted by Gasteiger charge is -2.20. The molecule has 1 amide bonds. The van der Waals surface area contributed by atoms with Crippen LogP contribution in [0.1, 0.15) is 54.4 Å². The standard InChI is InChI=1S/C22H28N2O3S/c1-18(19-9-5-4-6-10-19)17-23-22(25)20-11-13-21(14-12-20)28(26,27)24-15-7-2-3-8-16-24/h4-6,9-14,18H,2-3,7-8,15-17H2,1H3,(H,23,25)/t18-/m0/s1. The molecule has 0 spiro atoms. The van der Waals surface area contributed by atoms with Gasteiger partial charge in [0.2, 0.25) is 10.0 Å². The van der Waals surface area contributed by atoms with E-state index in [9.17, 15) is 13.2 Å². The zero-order chi connectivity index (χ0) is 20.0. The summed E-state index contributed by atoms with van der Waals surface area (Å²) in [6, 6.07) is 16.3. The van der Waals surface area contributed by atoms with Crippen molar-refractivity contribution in [3.05, 3.63) is 65.7 Å². The largest absolute Gasteiger partial charge is 0.351 e. The molecule has 1 atom stereocenters. The SMILES string of the molecule is C[C@@H](CNC(=O)c1ccc(S(=O)(=O)N2CCCCCC2)cc1)c1ccccc1. The Balaban J connectivity index is 1.62. The second-order valence-electron chi connectivity index (χ2n) is 7.36. The molecular weight excluding hydrogens is 372 g/mol. The van der Waals surface area contributed by atoms with Gasteiger partial charge in [-0.1, -0.05) is 50.1 Å². The molecule has 0 aliphatic carbocycles. The molecule has 1 fully saturated rings. The fourth-order valence-corrected chi connectivity index (χ4v) is 4.97. The van der Waals surface area contributed by atoms with Gasteiger partial charge in [-0.25, -0.2) is 8.42 Å². The fourth-order valence-electron chi connectivity index (χ4n) is 3.46. The van der Waals surface area contributed by atoms with Crippen LogP contribution >= 0.6 is 0 Å². The zero-order valence-corrected chi connectivity index (χ0v) is 17.1. The molecule has 1 N–H and O–H groups in total. The number of rotatable bonds is 6. The van der Waals surface area contributed by atoms with E-state index in [2.05, 4.69) is 12.2 Å². The van der Waals surface area contributed by atoms with E-state index in [1.807, 2.05) is 30.3 Å². The minimum Gasteiger partial charge on any atom is -0.351 e. The molecule has 0 aromatic heterocycles.